The van der Waals surface area contributed by atoms with Crippen molar-refractivity contribution in [3.05, 3.63) is 120 Å². The molecule has 0 aliphatic carbocycles. The molecule has 35 heavy (non-hydrogen) atoms. The number of thiazole rings is 1. The Morgan fingerprint density at radius 3 is 2.49 bits per heavy atom. The van der Waals surface area contributed by atoms with E-state index in [1.807, 2.05) is 78.9 Å². The van der Waals surface area contributed by atoms with Gasteiger partial charge in [0, 0.05) is 17.3 Å². The van der Waals surface area contributed by atoms with Gasteiger partial charge < -0.3 is 10.1 Å². The van der Waals surface area contributed by atoms with Crippen molar-refractivity contribution >= 4 is 39.2 Å². The number of benzene rings is 4. The van der Waals surface area contributed by atoms with Gasteiger partial charge in [0.15, 0.2) is 0 Å². The van der Waals surface area contributed by atoms with Gasteiger partial charge >= 0.3 is 0 Å². The van der Waals surface area contributed by atoms with Gasteiger partial charge in [-0.15, -0.1) is 11.3 Å². The van der Waals surface area contributed by atoms with Crippen molar-refractivity contribution in [1.29, 1.82) is 0 Å². The summed E-state index contributed by atoms with van der Waals surface area (Å²) >= 11 is 1.67. The number of amides is 1. The van der Waals surface area contributed by atoms with Gasteiger partial charge in [0.25, 0.3) is 0 Å². The summed E-state index contributed by atoms with van der Waals surface area (Å²) in [7, 11) is 0. The number of aromatic nitrogens is 1. The van der Waals surface area contributed by atoms with E-state index in [9.17, 15) is 4.79 Å². The normalized spacial score (nSPS) is 11.1. The average Bonchev–Trinajstić information content (AvgIpc) is 3.31. The van der Waals surface area contributed by atoms with Crippen LogP contribution < -0.4 is 10.1 Å². The molecule has 5 aromatic rings. The summed E-state index contributed by atoms with van der Waals surface area (Å²) < 4.78 is 6.99. The largest absolute Gasteiger partial charge is 0.489 e. The van der Waals surface area contributed by atoms with Crippen LogP contribution in [0.15, 0.2) is 103 Å². The Hall–Kier alpha value is -4.22. The lowest BCUT2D eigenvalue weighted by molar-refractivity contribution is -0.111. The lowest BCUT2D eigenvalue weighted by atomic mass is 10.2. The average molecular weight is 477 g/mol. The quantitative estimate of drug-likeness (QED) is 0.247. The van der Waals surface area contributed by atoms with Crippen LogP contribution >= 0.6 is 11.3 Å². The molecule has 0 bridgehead atoms. The summed E-state index contributed by atoms with van der Waals surface area (Å²) in [5.41, 5.74) is 6.06. The van der Waals surface area contributed by atoms with Crippen LogP contribution in [0.25, 0.3) is 26.9 Å². The van der Waals surface area contributed by atoms with E-state index >= 15 is 0 Å². The number of ether oxygens (including phenoxy) is 1. The zero-order chi connectivity index (χ0) is 24.0. The summed E-state index contributed by atoms with van der Waals surface area (Å²) in [6, 6.07) is 31.8. The molecule has 4 nitrogen and oxygen atoms in total. The number of carbonyl (C=O) groups is 1. The molecule has 0 aliphatic heterocycles. The molecule has 1 heterocycles. The number of nitrogens with zero attached hydrogens (tertiary/aromatic N) is 1. The highest BCUT2D eigenvalue weighted by Gasteiger charge is 2.07. The third-order valence-electron chi connectivity index (χ3n) is 5.50. The van der Waals surface area contributed by atoms with E-state index in [2.05, 4.69) is 30.4 Å². The highest BCUT2D eigenvalue weighted by atomic mass is 32.1. The minimum absolute atomic E-state index is 0.183. The smallest absolute Gasteiger partial charge is 0.248 e. The lowest BCUT2D eigenvalue weighted by Gasteiger charge is -2.06. The summed E-state index contributed by atoms with van der Waals surface area (Å²) in [6.45, 7) is 2.61. The van der Waals surface area contributed by atoms with Gasteiger partial charge in [-0.05, 0) is 78.2 Å². The van der Waals surface area contributed by atoms with E-state index < -0.39 is 0 Å². The number of anilines is 1. The Morgan fingerprint density at radius 1 is 0.943 bits per heavy atom. The van der Waals surface area contributed by atoms with Crippen LogP contribution in [0.4, 0.5) is 5.69 Å². The fourth-order valence-corrected chi connectivity index (χ4v) is 4.69. The Balaban J connectivity index is 1.16. The minimum atomic E-state index is -0.183. The standard InChI is InChI=1S/C30H24N2O2S/c1-21-7-17-27-28(19-21)35-30(32-27)24-11-13-25(14-12-24)31-29(33)18-10-22-8-15-26(16-9-22)34-20-23-5-3-2-4-6-23/h2-19H,20H2,1H3,(H,31,33)/b18-10+. The first-order valence-corrected chi connectivity index (χ1v) is 12.2. The lowest BCUT2D eigenvalue weighted by Crippen LogP contribution is -2.07. The summed E-state index contributed by atoms with van der Waals surface area (Å²) in [5.74, 6) is 0.608. The van der Waals surface area contributed by atoms with Crippen LogP contribution in [0, 0.1) is 6.92 Å². The highest BCUT2D eigenvalue weighted by Crippen LogP contribution is 2.31. The Morgan fingerprint density at radius 2 is 1.71 bits per heavy atom. The molecular weight excluding hydrogens is 452 g/mol. The van der Waals surface area contributed by atoms with E-state index in [1.165, 1.54) is 16.3 Å². The molecule has 5 rings (SSSR count). The van der Waals surface area contributed by atoms with Gasteiger partial charge in [-0.25, -0.2) is 4.98 Å². The molecule has 4 aromatic carbocycles. The van der Waals surface area contributed by atoms with Crippen molar-refractivity contribution in [3.63, 3.8) is 0 Å². The van der Waals surface area contributed by atoms with Crippen LogP contribution in [0.2, 0.25) is 0 Å². The van der Waals surface area contributed by atoms with Crippen molar-refractivity contribution in [1.82, 2.24) is 4.98 Å². The Kier molecular flexibility index (Phi) is 6.68. The number of aryl methyl sites for hydroxylation is 1. The number of hydrogen-bond acceptors (Lipinski definition) is 4. The van der Waals surface area contributed by atoms with Gasteiger partial charge in [-0.1, -0.05) is 48.5 Å². The van der Waals surface area contributed by atoms with Crippen LogP contribution in [0.3, 0.4) is 0 Å². The zero-order valence-electron chi connectivity index (χ0n) is 19.3. The molecule has 5 heteroatoms. The molecule has 0 unspecified atom stereocenters. The van der Waals surface area contributed by atoms with E-state index in [4.69, 9.17) is 9.72 Å². The van der Waals surface area contributed by atoms with Gasteiger partial charge in [-0.2, -0.15) is 0 Å². The van der Waals surface area contributed by atoms with Crippen LogP contribution in [0.1, 0.15) is 16.7 Å². The van der Waals surface area contributed by atoms with Crippen LogP contribution in [0.5, 0.6) is 5.75 Å². The topological polar surface area (TPSA) is 51.2 Å². The first-order chi connectivity index (χ1) is 17.1. The molecule has 0 aliphatic rings. The highest BCUT2D eigenvalue weighted by molar-refractivity contribution is 7.21. The van der Waals surface area contributed by atoms with Crippen molar-refractivity contribution in [2.75, 3.05) is 5.32 Å². The third-order valence-corrected chi connectivity index (χ3v) is 6.57. The van der Waals surface area contributed by atoms with Crippen molar-refractivity contribution < 1.29 is 9.53 Å². The Bertz CT molecular complexity index is 1470. The molecule has 172 valence electrons. The van der Waals surface area contributed by atoms with Crippen LogP contribution in [-0.4, -0.2) is 10.9 Å². The van der Waals surface area contributed by atoms with Gasteiger partial charge in [-0.3, -0.25) is 4.79 Å². The van der Waals surface area contributed by atoms with Gasteiger partial charge in [0.05, 0.1) is 10.2 Å². The molecule has 0 saturated heterocycles. The third kappa shape index (κ3) is 5.83. The van der Waals surface area contributed by atoms with Gasteiger partial charge in [0.2, 0.25) is 5.91 Å². The second-order valence-corrected chi connectivity index (χ2v) is 9.26. The van der Waals surface area contributed by atoms with E-state index in [-0.39, 0.29) is 5.91 Å². The fourth-order valence-electron chi connectivity index (χ4n) is 3.62. The molecular formula is C30H24N2O2S. The fraction of sp³-hybridized carbons (Fsp3) is 0.0667. The van der Waals surface area contributed by atoms with Crippen molar-refractivity contribution in [2.45, 2.75) is 13.5 Å². The van der Waals surface area contributed by atoms with Crippen molar-refractivity contribution in [3.8, 4) is 16.3 Å². The van der Waals surface area contributed by atoms with Crippen molar-refractivity contribution in [2.24, 2.45) is 0 Å². The Labute approximate surface area is 208 Å². The second-order valence-electron chi connectivity index (χ2n) is 8.23. The van der Waals surface area contributed by atoms with E-state index in [0.717, 1.165) is 38.7 Å². The molecule has 1 aromatic heterocycles. The van der Waals surface area contributed by atoms with Gasteiger partial charge in [0.1, 0.15) is 17.4 Å². The maximum absolute atomic E-state index is 12.4. The number of carbonyl (C=O) groups excluding carboxylic acids is 1. The SMILES string of the molecule is Cc1ccc2nc(-c3ccc(NC(=O)/C=C/c4ccc(OCc5ccccc5)cc4)cc3)sc2c1. The molecule has 1 amide bonds. The first kappa shape index (κ1) is 22.6. The predicted octanol–water partition coefficient (Wildman–Crippen LogP) is 7.50. The molecule has 0 saturated carbocycles. The molecule has 0 atom stereocenters. The maximum atomic E-state index is 12.4. The molecule has 1 N–H and O–H groups in total. The minimum Gasteiger partial charge on any atom is -0.489 e. The summed E-state index contributed by atoms with van der Waals surface area (Å²) in [4.78, 5) is 17.1. The molecule has 0 spiro atoms. The van der Waals surface area contributed by atoms with Crippen LogP contribution in [-0.2, 0) is 11.4 Å². The van der Waals surface area contributed by atoms with E-state index in [0.29, 0.717) is 6.61 Å². The monoisotopic (exact) mass is 476 g/mol. The number of nitrogens with one attached hydrogen (secondary N) is 1. The predicted molar refractivity (Wildman–Crippen MR) is 145 cm³/mol. The number of fused-ring (bicyclic) bond motifs is 1. The molecule has 0 radical (unpaired) electrons. The number of rotatable bonds is 7. The zero-order valence-corrected chi connectivity index (χ0v) is 20.1. The van der Waals surface area contributed by atoms with E-state index in [1.54, 1.807) is 17.4 Å². The second kappa shape index (κ2) is 10.4. The summed E-state index contributed by atoms with van der Waals surface area (Å²) in [6.07, 6.45) is 3.32. The maximum Gasteiger partial charge on any atom is 0.248 e. The summed E-state index contributed by atoms with van der Waals surface area (Å²) in [5, 5.41) is 3.88. The molecule has 0 fully saturated rings. The number of hydrogen-bond donors (Lipinski definition) is 1. The first-order valence-electron chi connectivity index (χ1n) is 11.4.